The summed E-state index contributed by atoms with van der Waals surface area (Å²) in [6.45, 7) is 6.47. The summed E-state index contributed by atoms with van der Waals surface area (Å²) in [6.07, 6.45) is 2.99. The molecule has 3 fully saturated rings. The van der Waals surface area contributed by atoms with Gasteiger partial charge < -0.3 is 9.64 Å². The van der Waals surface area contributed by atoms with Gasteiger partial charge in [0.2, 0.25) is 0 Å². The van der Waals surface area contributed by atoms with Crippen molar-refractivity contribution < 1.29 is 9.53 Å². The van der Waals surface area contributed by atoms with Gasteiger partial charge in [0.05, 0.1) is 0 Å². The van der Waals surface area contributed by atoms with Crippen LogP contribution in [0.3, 0.4) is 0 Å². The van der Waals surface area contributed by atoms with Gasteiger partial charge in [0.15, 0.2) is 0 Å². The average Bonchev–Trinajstić information content (AvgIpc) is 2.27. The van der Waals surface area contributed by atoms with Gasteiger partial charge in [0.25, 0.3) is 0 Å². The van der Waals surface area contributed by atoms with Crippen molar-refractivity contribution in [3.63, 3.8) is 0 Å². The fourth-order valence-electron chi connectivity index (χ4n) is 2.86. The van der Waals surface area contributed by atoms with Crippen LogP contribution in [0.5, 0.6) is 0 Å². The van der Waals surface area contributed by atoms with Crippen molar-refractivity contribution >= 4 is 6.09 Å². The number of amides is 1. The highest BCUT2D eigenvalue weighted by molar-refractivity contribution is 5.69. The maximum Gasteiger partial charge on any atom is 0.410 e. The van der Waals surface area contributed by atoms with Crippen molar-refractivity contribution in [1.82, 2.24) is 10.3 Å². The largest absolute Gasteiger partial charge is 0.444 e. The van der Waals surface area contributed by atoms with Crippen LogP contribution < -0.4 is 11.3 Å². The maximum absolute atomic E-state index is 12.1. The van der Waals surface area contributed by atoms with Crippen LogP contribution in [0.15, 0.2) is 0 Å². The number of ether oxygens (including phenoxy) is 1. The monoisotopic (exact) mass is 241 g/mol. The van der Waals surface area contributed by atoms with Crippen LogP contribution in [0.2, 0.25) is 0 Å². The molecule has 3 N–H and O–H groups in total. The van der Waals surface area contributed by atoms with Crippen LogP contribution in [0.1, 0.15) is 40.0 Å². The Morgan fingerprint density at radius 2 is 2.12 bits per heavy atom. The molecule has 2 heterocycles. The summed E-state index contributed by atoms with van der Waals surface area (Å²) < 4.78 is 5.43. The summed E-state index contributed by atoms with van der Waals surface area (Å²) >= 11 is 0. The van der Waals surface area contributed by atoms with E-state index in [1.807, 2.05) is 25.7 Å². The van der Waals surface area contributed by atoms with E-state index in [1.165, 1.54) is 0 Å². The Kier molecular flexibility index (Phi) is 3.32. The van der Waals surface area contributed by atoms with Gasteiger partial charge in [0, 0.05) is 18.6 Å². The van der Waals surface area contributed by atoms with Crippen LogP contribution >= 0.6 is 0 Å². The molecule has 5 nitrogen and oxygen atoms in total. The number of hydrazine groups is 1. The second-order valence-electron chi connectivity index (χ2n) is 6.13. The summed E-state index contributed by atoms with van der Waals surface area (Å²) in [4.78, 5) is 13.9. The van der Waals surface area contributed by atoms with Crippen LogP contribution in [0.25, 0.3) is 0 Å². The highest BCUT2D eigenvalue weighted by Gasteiger charge is 2.43. The minimum absolute atomic E-state index is 0.178. The summed E-state index contributed by atoms with van der Waals surface area (Å²) in [6, 6.07) is 0.642. The van der Waals surface area contributed by atoms with E-state index in [4.69, 9.17) is 10.6 Å². The van der Waals surface area contributed by atoms with Gasteiger partial charge in [-0.05, 0) is 46.0 Å². The second kappa shape index (κ2) is 4.46. The third kappa shape index (κ3) is 2.72. The van der Waals surface area contributed by atoms with Gasteiger partial charge in [-0.25, -0.2) is 4.79 Å². The van der Waals surface area contributed by atoms with Crippen LogP contribution in [0.4, 0.5) is 4.79 Å². The van der Waals surface area contributed by atoms with E-state index >= 15 is 0 Å². The molecular formula is C12H23N3O2. The van der Waals surface area contributed by atoms with Gasteiger partial charge in [0.1, 0.15) is 5.60 Å². The van der Waals surface area contributed by atoms with E-state index < -0.39 is 5.60 Å². The Morgan fingerprint density at radius 1 is 1.41 bits per heavy atom. The van der Waals surface area contributed by atoms with Crippen LogP contribution in [0, 0.1) is 5.92 Å². The lowest BCUT2D eigenvalue weighted by Gasteiger charge is -2.49. The number of hydrogen-bond donors (Lipinski definition) is 2. The lowest BCUT2D eigenvalue weighted by atomic mass is 9.76. The molecule has 1 amide bonds. The Labute approximate surface area is 103 Å². The molecule has 2 aliphatic heterocycles. The summed E-state index contributed by atoms with van der Waals surface area (Å²) in [5, 5.41) is 0. The van der Waals surface area contributed by atoms with Crippen molar-refractivity contribution in [3.05, 3.63) is 0 Å². The zero-order valence-corrected chi connectivity index (χ0v) is 10.9. The zero-order valence-electron chi connectivity index (χ0n) is 10.9. The summed E-state index contributed by atoms with van der Waals surface area (Å²) in [7, 11) is 0. The first-order chi connectivity index (χ1) is 7.90. The molecule has 3 unspecified atom stereocenters. The number of piperidine rings is 2. The van der Waals surface area contributed by atoms with Crippen molar-refractivity contribution in [1.29, 1.82) is 0 Å². The molecule has 0 spiro atoms. The second-order valence-corrected chi connectivity index (χ2v) is 6.13. The molecule has 2 bridgehead atoms. The van der Waals surface area contributed by atoms with Crippen LogP contribution in [-0.2, 0) is 4.74 Å². The van der Waals surface area contributed by atoms with E-state index in [9.17, 15) is 4.79 Å². The van der Waals surface area contributed by atoms with Crippen molar-refractivity contribution in [2.75, 3.05) is 6.54 Å². The quantitative estimate of drug-likeness (QED) is 0.535. The number of fused-ring (bicyclic) bond motifs is 3. The molecule has 3 aliphatic rings. The summed E-state index contributed by atoms with van der Waals surface area (Å²) in [5.74, 6) is 6.00. The van der Waals surface area contributed by atoms with E-state index in [-0.39, 0.29) is 12.1 Å². The smallest absolute Gasteiger partial charge is 0.410 e. The summed E-state index contributed by atoms with van der Waals surface area (Å²) in [5.41, 5.74) is 2.45. The first-order valence-corrected chi connectivity index (χ1v) is 6.36. The molecule has 5 heteroatoms. The van der Waals surface area contributed by atoms with E-state index in [1.54, 1.807) is 0 Å². The molecule has 2 saturated heterocycles. The normalized spacial score (nSPS) is 32.7. The first-order valence-electron chi connectivity index (χ1n) is 6.36. The van der Waals surface area contributed by atoms with Gasteiger partial charge in [-0.2, -0.15) is 0 Å². The molecular weight excluding hydrogens is 218 g/mol. The van der Waals surface area contributed by atoms with Crippen molar-refractivity contribution in [2.24, 2.45) is 11.8 Å². The molecule has 3 atom stereocenters. The third-order valence-electron chi connectivity index (χ3n) is 3.68. The maximum atomic E-state index is 12.1. The van der Waals surface area contributed by atoms with Crippen LogP contribution in [-0.4, -0.2) is 35.2 Å². The first kappa shape index (κ1) is 12.6. The number of carbonyl (C=O) groups is 1. The van der Waals surface area contributed by atoms with E-state index in [0.717, 1.165) is 25.8 Å². The Bertz CT molecular complexity index is 301. The Hall–Kier alpha value is -0.810. The van der Waals surface area contributed by atoms with Gasteiger partial charge in [-0.15, -0.1) is 0 Å². The number of nitrogens with zero attached hydrogens (tertiary/aromatic N) is 1. The molecule has 0 radical (unpaired) electrons. The predicted molar refractivity (Wildman–Crippen MR) is 65.2 cm³/mol. The van der Waals surface area contributed by atoms with E-state index in [2.05, 4.69) is 5.43 Å². The fraction of sp³-hybridized carbons (Fsp3) is 0.917. The fourth-order valence-corrected chi connectivity index (χ4v) is 2.86. The SMILES string of the molecule is CC(C)(C)OC(=O)N1CC2CCC1CC2NN. The minimum Gasteiger partial charge on any atom is -0.444 e. The molecule has 1 saturated carbocycles. The highest BCUT2D eigenvalue weighted by atomic mass is 16.6. The zero-order chi connectivity index (χ0) is 12.6. The average molecular weight is 241 g/mol. The molecule has 17 heavy (non-hydrogen) atoms. The number of carbonyl (C=O) groups excluding carboxylic acids is 1. The molecule has 3 rings (SSSR count). The lowest BCUT2D eigenvalue weighted by Crippen LogP contribution is -2.61. The number of rotatable bonds is 1. The number of nitrogens with one attached hydrogen (secondary N) is 1. The van der Waals surface area contributed by atoms with E-state index in [0.29, 0.717) is 12.0 Å². The molecule has 0 aromatic rings. The lowest BCUT2D eigenvalue weighted by molar-refractivity contribution is -0.0210. The number of hydrogen-bond acceptors (Lipinski definition) is 4. The standard InChI is InChI=1S/C12H23N3O2/c1-12(2,3)17-11(16)15-7-8-4-5-9(15)6-10(8)14-13/h8-10,14H,4-7,13H2,1-3H3. The van der Waals surface area contributed by atoms with Gasteiger partial charge in [-0.1, -0.05) is 0 Å². The highest BCUT2D eigenvalue weighted by Crippen LogP contribution is 2.35. The molecule has 0 aromatic heterocycles. The molecule has 0 aromatic carbocycles. The molecule has 98 valence electrons. The van der Waals surface area contributed by atoms with Crippen molar-refractivity contribution in [2.45, 2.75) is 57.7 Å². The minimum atomic E-state index is -0.417. The third-order valence-corrected chi connectivity index (χ3v) is 3.68. The van der Waals surface area contributed by atoms with Gasteiger partial charge >= 0.3 is 6.09 Å². The predicted octanol–water partition coefficient (Wildman–Crippen LogP) is 1.24. The molecule has 1 aliphatic carbocycles. The van der Waals surface area contributed by atoms with Crippen molar-refractivity contribution in [3.8, 4) is 0 Å². The Balaban J connectivity index is 1.98. The van der Waals surface area contributed by atoms with Gasteiger partial charge in [-0.3, -0.25) is 11.3 Å². The number of nitrogens with two attached hydrogens (primary N) is 1. The Morgan fingerprint density at radius 3 is 2.59 bits per heavy atom. The topological polar surface area (TPSA) is 67.6 Å².